The van der Waals surface area contributed by atoms with Crippen LogP contribution in [0.3, 0.4) is 0 Å². The van der Waals surface area contributed by atoms with Crippen molar-refractivity contribution in [2.75, 3.05) is 13.2 Å². The second-order valence-electron chi connectivity index (χ2n) is 7.18. The van der Waals surface area contributed by atoms with Crippen molar-refractivity contribution in [3.05, 3.63) is 48.0 Å². The first-order valence-corrected chi connectivity index (χ1v) is 10.1. The Kier molecular flexibility index (Phi) is 9.05. The van der Waals surface area contributed by atoms with E-state index in [9.17, 15) is 19.2 Å². The number of rotatable bonds is 10. The Morgan fingerprint density at radius 2 is 1.97 bits per heavy atom. The standard InChI is InChI=1S/C22H29N3O5/c1-3-30-20(27)10-9-18(14-17-11-12-23-21(17)28)25-22(29)19(24-15(2)26)13-16-7-5-4-6-8-16/h4-10,17-19H,3,11-14H2,1-2H3,(H,23,28)(H,24,26)(H,25,29)/b10-9+/t17-,18+,19-/m0/s1. The number of ether oxygens (including phenoxy) is 1. The number of benzene rings is 1. The molecule has 1 fully saturated rings. The monoisotopic (exact) mass is 415 g/mol. The molecule has 0 unspecified atom stereocenters. The third-order valence-corrected chi connectivity index (χ3v) is 4.76. The second kappa shape index (κ2) is 11.7. The highest BCUT2D eigenvalue weighted by atomic mass is 16.5. The smallest absolute Gasteiger partial charge is 0.330 e. The van der Waals surface area contributed by atoms with E-state index < -0.39 is 18.1 Å². The summed E-state index contributed by atoms with van der Waals surface area (Å²) in [5.41, 5.74) is 0.903. The van der Waals surface area contributed by atoms with Crippen LogP contribution in [0.2, 0.25) is 0 Å². The number of amides is 3. The number of nitrogens with one attached hydrogen (secondary N) is 3. The Hall–Kier alpha value is -3.16. The van der Waals surface area contributed by atoms with Gasteiger partial charge in [-0.2, -0.15) is 0 Å². The third-order valence-electron chi connectivity index (χ3n) is 4.76. The van der Waals surface area contributed by atoms with Gasteiger partial charge in [-0.25, -0.2) is 4.79 Å². The molecule has 1 aliphatic rings. The molecule has 0 saturated carbocycles. The summed E-state index contributed by atoms with van der Waals surface area (Å²) in [6, 6.07) is 8.03. The molecule has 0 radical (unpaired) electrons. The van der Waals surface area contributed by atoms with Gasteiger partial charge in [-0.1, -0.05) is 36.4 Å². The van der Waals surface area contributed by atoms with Gasteiger partial charge in [-0.05, 0) is 25.3 Å². The highest BCUT2D eigenvalue weighted by molar-refractivity contribution is 5.88. The summed E-state index contributed by atoms with van der Waals surface area (Å²) in [6.07, 6.45) is 4.13. The van der Waals surface area contributed by atoms with Crippen molar-refractivity contribution in [3.8, 4) is 0 Å². The van der Waals surface area contributed by atoms with Crippen LogP contribution in [0.25, 0.3) is 0 Å². The Labute approximate surface area is 176 Å². The van der Waals surface area contributed by atoms with Crippen molar-refractivity contribution in [3.63, 3.8) is 0 Å². The van der Waals surface area contributed by atoms with Gasteiger partial charge in [0.1, 0.15) is 6.04 Å². The zero-order chi connectivity index (χ0) is 21.9. The summed E-state index contributed by atoms with van der Waals surface area (Å²) in [4.78, 5) is 48.2. The van der Waals surface area contributed by atoms with Gasteiger partial charge in [0.2, 0.25) is 17.7 Å². The highest BCUT2D eigenvalue weighted by Crippen LogP contribution is 2.17. The number of esters is 1. The number of carbonyl (C=O) groups is 4. The molecule has 1 aromatic carbocycles. The van der Waals surface area contributed by atoms with Crippen LogP contribution < -0.4 is 16.0 Å². The zero-order valence-electron chi connectivity index (χ0n) is 17.4. The van der Waals surface area contributed by atoms with Gasteiger partial charge in [0.15, 0.2) is 0 Å². The summed E-state index contributed by atoms with van der Waals surface area (Å²) in [6.45, 7) is 3.89. The first-order chi connectivity index (χ1) is 14.4. The van der Waals surface area contributed by atoms with E-state index in [0.717, 1.165) is 5.56 Å². The average molecular weight is 415 g/mol. The molecule has 3 amide bonds. The van der Waals surface area contributed by atoms with E-state index in [4.69, 9.17) is 4.74 Å². The van der Waals surface area contributed by atoms with Gasteiger partial charge in [-0.3, -0.25) is 14.4 Å². The minimum absolute atomic E-state index is 0.0681. The lowest BCUT2D eigenvalue weighted by molar-refractivity contribution is -0.137. The molecule has 1 aromatic rings. The van der Waals surface area contributed by atoms with Crippen LogP contribution >= 0.6 is 0 Å². The molecular weight excluding hydrogens is 386 g/mol. The molecular formula is C22H29N3O5. The molecule has 3 atom stereocenters. The lowest BCUT2D eigenvalue weighted by Gasteiger charge is -2.23. The van der Waals surface area contributed by atoms with Crippen LogP contribution in [0, 0.1) is 5.92 Å². The minimum atomic E-state index is -0.777. The first-order valence-electron chi connectivity index (χ1n) is 10.1. The molecule has 1 aliphatic heterocycles. The van der Waals surface area contributed by atoms with E-state index in [-0.39, 0.29) is 30.2 Å². The quantitative estimate of drug-likeness (QED) is 0.388. The molecule has 162 valence electrons. The molecule has 0 spiro atoms. The maximum Gasteiger partial charge on any atom is 0.330 e. The van der Waals surface area contributed by atoms with Crippen molar-refractivity contribution in [1.82, 2.24) is 16.0 Å². The topological polar surface area (TPSA) is 114 Å². The summed E-state index contributed by atoms with van der Waals surface area (Å²) < 4.78 is 4.89. The first kappa shape index (κ1) is 23.1. The minimum Gasteiger partial charge on any atom is -0.463 e. The van der Waals surface area contributed by atoms with Crippen molar-refractivity contribution in [1.29, 1.82) is 0 Å². The predicted molar refractivity (Wildman–Crippen MR) is 111 cm³/mol. The van der Waals surface area contributed by atoms with Crippen LogP contribution in [0.4, 0.5) is 0 Å². The van der Waals surface area contributed by atoms with E-state index in [1.54, 1.807) is 6.92 Å². The van der Waals surface area contributed by atoms with Gasteiger partial charge in [0.25, 0.3) is 0 Å². The Morgan fingerprint density at radius 3 is 2.57 bits per heavy atom. The van der Waals surface area contributed by atoms with Gasteiger partial charge >= 0.3 is 5.97 Å². The fraction of sp³-hybridized carbons (Fsp3) is 0.455. The molecule has 3 N–H and O–H groups in total. The number of carbonyl (C=O) groups excluding carboxylic acids is 4. The molecule has 1 heterocycles. The second-order valence-corrected chi connectivity index (χ2v) is 7.18. The van der Waals surface area contributed by atoms with E-state index in [2.05, 4.69) is 16.0 Å². The fourth-order valence-corrected chi connectivity index (χ4v) is 3.33. The number of hydrogen-bond donors (Lipinski definition) is 3. The van der Waals surface area contributed by atoms with Gasteiger partial charge in [0, 0.05) is 37.9 Å². The normalized spacial score (nSPS) is 17.8. The van der Waals surface area contributed by atoms with Gasteiger partial charge in [-0.15, -0.1) is 0 Å². The average Bonchev–Trinajstić information content (AvgIpc) is 3.10. The summed E-state index contributed by atoms with van der Waals surface area (Å²) in [5.74, 6) is -1.54. The largest absolute Gasteiger partial charge is 0.463 e. The summed E-state index contributed by atoms with van der Waals surface area (Å²) >= 11 is 0. The zero-order valence-corrected chi connectivity index (χ0v) is 17.4. The molecule has 8 heteroatoms. The highest BCUT2D eigenvalue weighted by Gasteiger charge is 2.29. The molecule has 30 heavy (non-hydrogen) atoms. The van der Waals surface area contributed by atoms with Crippen LogP contribution in [-0.2, 0) is 30.3 Å². The number of hydrogen-bond acceptors (Lipinski definition) is 5. The molecule has 0 bridgehead atoms. The molecule has 8 nitrogen and oxygen atoms in total. The van der Waals surface area contributed by atoms with Crippen molar-refractivity contribution >= 4 is 23.7 Å². The van der Waals surface area contributed by atoms with Crippen LogP contribution in [0.5, 0.6) is 0 Å². The summed E-state index contributed by atoms with van der Waals surface area (Å²) in [5, 5.41) is 8.31. The van der Waals surface area contributed by atoms with Crippen molar-refractivity contribution in [2.24, 2.45) is 5.92 Å². The van der Waals surface area contributed by atoms with Gasteiger partial charge < -0.3 is 20.7 Å². The van der Waals surface area contributed by atoms with Gasteiger partial charge in [0.05, 0.1) is 6.61 Å². The third kappa shape index (κ3) is 7.69. The Morgan fingerprint density at radius 1 is 1.23 bits per heavy atom. The fourth-order valence-electron chi connectivity index (χ4n) is 3.33. The van der Waals surface area contributed by atoms with Crippen LogP contribution in [-0.4, -0.2) is 48.9 Å². The van der Waals surface area contributed by atoms with E-state index in [1.807, 2.05) is 30.3 Å². The summed E-state index contributed by atoms with van der Waals surface area (Å²) in [7, 11) is 0. The maximum absolute atomic E-state index is 12.9. The van der Waals surface area contributed by atoms with E-state index in [1.165, 1.54) is 19.1 Å². The molecule has 0 aromatic heterocycles. The molecule has 0 aliphatic carbocycles. The van der Waals surface area contributed by atoms with Crippen LogP contribution in [0.15, 0.2) is 42.5 Å². The molecule has 2 rings (SSSR count). The SMILES string of the molecule is CCOC(=O)/C=C/[C@H](C[C@@H]1CCNC1=O)NC(=O)[C@H](Cc1ccccc1)NC(C)=O. The van der Waals surface area contributed by atoms with E-state index >= 15 is 0 Å². The van der Waals surface area contributed by atoms with Crippen LogP contribution in [0.1, 0.15) is 32.3 Å². The lowest BCUT2D eigenvalue weighted by Crippen LogP contribution is -2.50. The maximum atomic E-state index is 12.9. The Bertz CT molecular complexity index is 778. The predicted octanol–water partition coefficient (Wildman–Crippen LogP) is 0.864. The van der Waals surface area contributed by atoms with Crippen molar-refractivity contribution < 1.29 is 23.9 Å². The Balaban J connectivity index is 2.12. The van der Waals surface area contributed by atoms with Crippen molar-refractivity contribution in [2.45, 2.75) is 45.2 Å². The van der Waals surface area contributed by atoms with E-state index in [0.29, 0.717) is 25.8 Å². The lowest BCUT2D eigenvalue weighted by atomic mass is 9.97. The molecule has 1 saturated heterocycles.